The summed E-state index contributed by atoms with van der Waals surface area (Å²) >= 11 is 1.28. The highest BCUT2D eigenvalue weighted by atomic mass is 32.2. The van der Waals surface area contributed by atoms with E-state index in [2.05, 4.69) is 19.2 Å². The first-order valence-corrected chi connectivity index (χ1v) is 7.82. The zero-order valence-corrected chi connectivity index (χ0v) is 12.7. The predicted octanol–water partition coefficient (Wildman–Crippen LogP) is 2.67. The molecule has 20 heavy (non-hydrogen) atoms. The summed E-state index contributed by atoms with van der Waals surface area (Å²) in [5.41, 5.74) is 1.10. The first-order valence-electron chi connectivity index (χ1n) is 6.84. The second kappa shape index (κ2) is 6.79. The van der Waals surface area contributed by atoms with Crippen molar-refractivity contribution < 1.29 is 9.59 Å². The number of nitrogens with one attached hydrogen (secondary N) is 1. The van der Waals surface area contributed by atoms with Gasteiger partial charge < -0.3 is 10.2 Å². The van der Waals surface area contributed by atoms with E-state index in [1.165, 1.54) is 11.8 Å². The summed E-state index contributed by atoms with van der Waals surface area (Å²) in [6, 6.07) is 9.91. The minimum atomic E-state index is -0.0941. The Morgan fingerprint density at radius 3 is 2.60 bits per heavy atom. The summed E-state index contributed by atoms with van der Waals surface area (Å²) in [4.78, 5) is 25.2. The minimum absolute atomic E-state index is 0.000887. The average molecular weight is 292 g/mol. The number of hydrogen-bond acceptors (Lipinski definition) is 3. The molecule has 1 aromatic rings. The average Bonchev–Trinajstić information content (AvgIpc) is 2.82. The monoisotopic (exact) mass is 292 g/mol. The molecular weight excluding hydrogens is 272 g/mol. The molecule has 1 saturated heterocycles. The molecule has 0 saturated carbocycles. The maximum atomic E-state index is 12.1. The van der Waals surface area contributed by atoms with Crippen molar-refractivity contribution in [3.63, 3.8) is 0 Å². The van der Waals surface area contributed by atoms with Crippen LogP contribution in [0, 0.1) is 5.92 Å². The van der Waals surface area contributed by atoms with Crippen molar-refractivity contribution in [3.05, 3.63) is 35.9 Å². The molecule has 1 aliphatic heterocycles. The van der Waals surface area contributed by atoms with Crippen LogP contribution in [0.25, 0.3) is 0 Å². The first kappa shape index (κ1) is 14.9. The van der Waals surface area contributed by atoms with Crippen LogP contribution in [-0.4, -0.2) is 34.9 Å². The van der Waals surface area contributed by atoms with E-state index in [1.54, 1.807) is 4.90 Å². The fraction of sp³-hybridized carbons (Fsp3) is 0.467. The van der Waals surface area contributed by atoms with Gasteiger partial charge in [0, 0.05) is 12.3 Å². The maximum Gasteiger partial charge on any atom is 0.282 e. The number of nitrogens with zero attached hydrogens (tertiary/aromatic N) is 1. The Labute approximate surface area is 123 Å². The molecule has 108 valence electrons. The summed E-state index contributed by atoms with van der Waals surface area (Å²) in [6.07, 6.45) is 0. The van der Waals surface area contributed by atoms with Gasteiger partial charge in [-0.25, -0.2) is 0 Å². The van der Waals surface area contributed by atoms with Gasteiger partial charge in [-0.3, -0.25) is 9.59 Å². The van der Waals surface area contributed by atoms with Crippen molar-refractivity contribution in [1.29, 1.82) is 0 Å². The summed E-state index contributed by atoms with van der Waals surface area (Å²) in [5.74, 6) is 0.978. The molecule has 1 atom stereocenters. The highest BCUT2D eigenvalue weighted by Crippen LogP contribution is 2.22. The van der Waals surface area contributed by atoms with Gasteiger partial charge in [0.1, 0.15) is 6.54 Å². The van der Waals surface area contributed by atoms with Crippen molar-refractivity contribution in [3.8, 4) is 0 Å². The van der Waals surface area contributed by atoms with Crippen LogP contribution < -0.4 is 5.32 Å². The van der Waals surface area contributed by atoms with Gasteiger partial charge in [-0.2, -0.15) is 0 Å². The molecule has 0 spiro atoms. The fourth-order valence-electron chi connectivity index (χ4n) is 2.26. The van der Waals surface area contributed by atoms with Crippen molar-refractivity contribution in [1.82, 2.24) is 10.2 Å². The largest absolute Gasteiger partial charge is 0.347 e. The molecule has 1 aliphatic rings. The molecule has 0 bridgehead atoms. The van der Waals surface area contributed by atoms with E-state index in [0.717, 1.165) is 11.3 Å². The molecule has 0 aliphatic carbocycles. The zero-order chi connectivity index (χ0) is 14.5. The van der Waals surface area contributed by atoms with Crippen LogP contribution in [0.5, 0.6) is 0 Å². The number of carbonyl (C=O) groups excluding carboxylic acids is 2. The Morgan fingerprint density at radius 2 is 2.05 bits per heavy atom. The van der Waals surface area contributed by atoms with E-state index in [-0.39, 0.29) is 23.7 Å². The van der Waals surface area contributed by atoms with Crippen LogP contribution >= 0.6 is 11.8 Å². The second-order valence-corrected chi connectivity index (χ2v) is 6.28. The lowest BCUT2D eigenvalue weighted by molar-refractivity contribution is -0.122. The van der Waals surface area contributed by atoms with Crippen LogP contribution in [0.2, 0.25) is 0 Å². The molecule has 0 radical (unpaired) electrons. The number of amides is 2. The molecule has 0 aromatic heterocycles. The molecule has 1 heterocycles. The zero-order valence-electron chi connectivity index (χ0n) is 11.8. The second-order valence-electron chi connectivity index (χ2n) is 5.24. The van der Waals surface area contributed by atoms with Crippen LogP contribution in [0.3, 0.4) is 0 Å². The highest BCUT2D eigenvalue weighted by molar-refractivity contribution is 8.13. The molecule has 2 rings (SSSR count). The Balaban J connectivity index is 1.98. The Hall–Kier alpha value is -1.49. The van der Waals surface area contributed by atoms with E-state index in [0.29, 0.717) is 12.5 Å². The van der Waals surface area contributed by atoms with E-state index < -0.39 is 0 Å². The van der Waals surface area contributed by atoms with Crippen molar-refractivity contribution in [2.45, 2.75) is 19.9 Å². The summed E-state index contributed by atoms with van der Waals surface area (Å²) < 4.78 is 0. The standard InChI is InChI=1S/C15H20N2O2S/c1-11(2)14(12-6-4-3-5-7-12)16-13(18)10-17-8-9-20-15(17)19/h3-7,11,14H,8-10H2,1-2H3,(H,16,18)/t14-/m1/s1. The number of thioether (sulfide) groups is 1. The fourth-order valence-corrected chi connectivity index (χ4v) is 3.08. The summed E-state index contributed by atoms with van der Waals surface area (Å²) in [5, 5.41) is 3.04. The van der Waals surface area contributed by atoms with E-state index in [9.17, 15) is 9.59 Å². The van der Waals surface area contributed by atoms with E-state index in [4.69, 9.17) is 0 Å². The highest BCUT2D eigenvalue weighted by Gasteiger charge is 2.25. The van der Waals surface area contributed by atoms with Crippen molar-refractivity contribution in [2.24, 2.45) is 5.92 Å². The third kappa shape index (κ3) is 3.76. The van der Waals surface area contributed by atoms with E-state index >= 15 is 0 Å². The van der Waals surface area contributed by atoms with Crippen molar-refractivity contribution >= 4 is 22.9 Å². The van der Waals surface area contributed by atoms with Crippen molar-refractivity contribution in [2.75, 3.05) is 18.8 Å². The lowest BCUT2D eigenvalue weighted by Crippen LogP contribution is -2.40. The smallest absolute Gasteiger partial charge is 0.282 e. The Kier molecular flexibility index (Phi) is 5.06. The lowest BCUT2D eigenvalue weighted by Gasteiger charge is -2.24. The number of carbonyl (C=O) groups is 2. The molecule has 1 N–H and O–H groups in total. The maximum absolute atomic E-state index is 12.1. The quantitative estimate of drug-likeness (QED) is 0.907. The van der Waals surface area contributed by atoms with Gasteiger partial charge in [-0.1, -0.05) is 55.9 Å². The van der Waals surface area contributed by atoms with Gasteiger partial charge in [0.05, 0.1) is 6.04 Å². The van der Waals surface area contributed by atoms with Crippen LogP contribution in [0.15, 0.2) is 30.3 Å². The first-order chi connectivity index (χ1) is 9.58. The molecule has 0 unspecified atom stereocenters. The third-order valence-electron chi connectivity index (χ3n) is 3.32. The van der Waals surface area contributed by atoms with Gasteiger partial charge >= 0.3 is 0 Å². The molecule has 1 aromatic carbocycles. The van der Waals surface area contributed by atoms with Crippen LogP contribution in [-0.2, 0) is 4.79 Å². The van der Waals surface area contributed by atoms with E-state index in [1.807, 2.05) is 30.3 Å². The van der Waals surface area contributed by atoms with Crippen LogP contribution in [0.1, 0.15) is 25.5 Å². The van der Waals surface area contributed by atoms with Gasteiger partial charge in [0.15, 0.2) is 0 Å². The number of hydrogen-bond donors (Lipinski definition) is 1. The predicted molar refractivity (Wildman–Crippen MR) is 81.6 cm³/mol. The number of benzene rings is 1. The molecule has 5 heteroatoms. The molecule has 4 nitrogen and oxygen atoms in total. The van der Waals surface area contributed by atoms with Gasteiger partial charge in [0.2, 0.25) is 5.91 Å². The normalized spacial score (nSPS) is 16.6. The van der Waals surface area contributed by atoms with Crippen LogP contribution in [0.4, 0.5) is 4.79 Å². The topological polar surface area (TPSA) is 49.4 Å². The Bertz CT molecular complexity index is 476. The van der Waals surface area contributed by atoms with Gasteiger partial charge in [0.25, 0.3) is 5.24 Å². The third-order valence-corrected chi connectivity index (χ3v) is 4.21. The SMILES string of the molecule is CC(C)[C@@H](NC(=O)CN1CCSC1=O)c1ccccc1. The molecule has 2 amide bonds. The molecule has 1 fully saturated rings. The van der Waals surface area contributed by atoms with Gasteiger partial charge in [-0.05, 0) is 11.5 Å². The lowest BCUT2D eigenvalue weighted by atomic mass is 9.96. The summed E-state index contributed by atoms with van der Waals surface area (Å²) in [7, 11) is 0. The minimum Gasteiger partial charge on any atom is -0.347 e. The molecular formula is C15H20N2O2S. The Morgan fingerprint density at radius 1 is 1.35 bits per heavy atom. The van der Waals surface area contributed by atoms with Gasteiger partial charge in [-0.15, -0.1) is 0 Å². The number of rotatable bonds is 5. The summed E-state index contributed by atoms with van der Waals surface area (Å²) in [6.45, 7) is 4.97.